The van der Waals surface area contributed by atoms with E-state index >= 15 is 0 Å². The van der Waals surface area contributed by atoms with E-state index in [4.69, 9.17) is 4.74 Å². The highest BCUT2D eigenvalue weighted by atomic mass is 79.9. The van der Waals surface area contributed by atoms with Crippen molar-refractivity contribution in [3.05, 3.63) is 28.2 Å². The molecule has 0 atom stereocenters. The summed E-state index contributed by atoms with van der Waals surface area (Å²) >= 11 is 3.38. The van der Waals surface area contributed by atoms with Gasteiger partial charge in [0.25, 0.3) is 0 Å². The third-order valence-electron chi connectivity index (χ3n) is 2.51. The Morgan fingerprint density at radius 2 is 2.31 bits per heavy atom. The van der Waals surface area contributed by atoms with Crippen LogP contribution in [0, 0.1) is 5.92 Å². The summed E-state index contributed by atoms with van der Waals surface area (Å²) in [5.41, 5.74) is 0.915. The molecule has 0 aliphatic heterocycles. The van der Waals surface area contributed by atoms with Gasteiger partial charge in [-0.05, 0) is 37.0 Å². The first-order chi connectivity index (χ1) is 7.79. The normalized spacial score (nSPS) is 14.3. The van der Waals surface area contributed by atoms with Gasteiger partial charge in [-0.15, -0.1) is 0 Å². The third kappa shape index (κ3) is 3.19. The first kappa shape index (κ1) is 11.4. The monoisotopic (exact) mass is 281 g/mol. The minimum atomic E-state index is 0.322. The van der Waals surface area contributed by atoms with Crippen LogP contribution in [0.3, 0.4) is 0 Å². The molecule has 0 aromatic heterocycles. The highest BCUT2D eigenvalue weighted by molar-refractivity contribution is 9.10. The number of rotatable bonds is 5. The maximum absolute atomic E-state index is 10.1. The summed E-state index contributed by atoms with van der Waals surface area (Å²) in [6.45, 7) is 1.09. The Kier molecular flexibility index (Phi) is 3.75. The first-order valence-corrected chi connectivity index (χ1v) is 6.04. The average molecular weight is 282 g/mol. The van der Waals surface area contributed by atoms with Gasteiger partial charge in [-0.3, -0.25) is 0 Å². The highest BCUT2D eigenvalue weighted by Crippen LogP contribution is 2.31. The van der Waals surface area contributed by atoms with Gasteiger partial charge in [0.1, 0.15) is 5.75 Å². The van der Waals surface area contributed by atoms with Gasteiger partial charge in [0.15, 0.2) is 0 Å². The van der Waals surface area contributed by atoms with Gasteiger partial charge >= 0.3 is 0 Å². The Bertz CT molecular complexity index is 423. The van der Waals surface area contributed by atoms with Crippen molar-refractivity contribution in [2.45, 2.75) is 19.4 Å². The third-order valence-corrected chi connectivity index (χ3v) is 3.00. The molecule has 0 saturated heterocycles. The van der Waals surface area contributed by atoms with Gasteiger partial charge in [-0.2, -0.15) is 0 Å². The van der Waals surface area contributed by atoms with E-state index < -0.39 is 0 Å². The van der Waals surface area contributed by atoms with Crippen molar-refractivity contribution in [1.82, 2.24) is 0 Å². The van der Waals surface area contributed by atoms with Gasteiger partial charge in [-0.25, -0.2) is 9.79 Å². The summed E-state index contributed by atoms with van der Waals surface area (Å²) in [6, 6.07) is 5.75. The smallest absolute Gasteiger partial charge is 0.235 e. The Labute approximate surface area is 103 Å². The lowest BCUT2D eigenvalue weighted by Crippen LogP contribution is -2.01. The van der Waals surface area contributed by atoms with Crippen LogP contribution in [0.15, 0.2) is 27.7 Å². The number of ether oxygens (including phenoxy) is 1. The molecular weight excluding hydrogens is 270 g/mol. The van der Waals surface area contributed by atoms with Crippen LogP contribution in [0.2, 0.25) is 0 Å². The number of hydrogen-bond acceptors (Lipinski definition) is 3. The number of carbonyl (C=O) groups excluding carboxylic acids is 1. The van der Waals surface area contributed by atoms with E-state index in [2.05, 4.69) is 20.9 Å². The quantitative estimate of drug-likeness (QED) is 0.615. The van der Waals surface area contributed by atoms with Crippen molar-refractivity contribution in [2.24, 2.45) is 10.9 Å². The standard InChI is InChI=1S/C12H12BrNO2/c13-11-3-4-12(16-7-9-1-2-9)10(5-11)6-14-8-15/h3-5,9H,1-2,6-7H2. The number of halogens is 1. The second kappa shape index (κ2) is 5.28. The molecule has 1 saturated carbocycles. The maximum Gasteiger partial charge on any atom is 0.235 e. The molecule has 2 rings (SSSR count). The second-order valence-corrected chi connectivity index (χ2v) is 4.83. The predicted molar refractivity (Wildman–Crippen MR) is 64.2 cm³/mol. The minimum Gasteiger partial charge on any atom is -0.493 e. The van der Waals surface area contributed by atoms with Gasteiger partial charge in [0.2, 0.25) is 6.08 Å². The topological polar surface area (TPSA) is 38.7 Å². The Balaban J connectivity index is 2.09. The first-order valence-electron chi connectivity index (χ1n) is 5.24. The van der Waals surface area contributed by atoms with Crippen molar-refractivity contribution < 1.29 is 9.53 Å². The van der Waals surface area contributed by atoms with Gasteiger partial charge in [0.05, 0.1) is 13.2 Å². The average Bonchev–Trinajstić information content (AvgIpc) is 3.09. The van der Waals surface area contributed by atoms with E-state index in [0.29, 0.717) is 12.5 Å². The molecule has 1 aliphatic rings. The van der Waals surface area contributed by atoms with E-state index in [1.165, 1.54) is 12.8 Å². The molecule has 3 nitrogen and oxygen atoms in total. The minimum absolute atomic E-state index is 0.322. The van der Waals surface area contributed by atoms with Crippen molar-refractivity contribution in [1.29, 1.82) is 0 Å². The van der Waals surface area contributed by atoms with Crippen LogP contribution in [-0.2, 0) is 11.3 Å². The maximum atomic E-state index is 10.1. The van der Waals surface area contributed by atoms with Gasteiger partial charge in [0, 0.05) is 10.0 Å². The van der Waals surface area contributed by atoms with Gasteiger partial charge in [-0.1, -0.05) is 15.9 Å². The number of hydrogen-bond donors (Lipinski definition) is 0. The van der Waals surface area contributed by atoms with Crippen molar-refractivity contribution in [3.63, 3.8) is 0 Å². The van der Waals surface area contributed by atoms with Crippen molar-refractivity contribution in [3.8, 4) is 5.75 Å². The molecule has 0 bridgehead atoms. The Morgan fingerprint density at radius 3 is 3.00 bits per heavy atom. The van der Waals surface area contributed by atoms with Crippen LogP contribution in [0.5, 0.6) is 5.75 Å². The molecule has 1 aromatic rings. The largest absolute Gasteiger partial charge is 0.493 e. The van der Waals surface area contributed by atoms with Crippen molar-refractivity contribution >= 4 is 22.0 Å². The summed E-state index contributed by atoms with van der Waals surface area (Å²) in [4.78, 5) is 13.7. The molecule has 0 spiro atoms. The van der Waals surface area contributed by atoms with Crippen LogP contribution in [0.25, 0.3) is 0 Å². The zero-order chi connectivity index (χ0) is 11.4. The number of nitrogens with zero attached hydrogens (tertiary/aromatic N) is 1. The molecular formula is C12H12BrNO2. The molecule has 84 valence electrons. The number of isocyanates is 1. The summed E-state index contributed by atoms with van der Waals surface area (Å²) in [7, 11) is 0. The molecule has 0 amide bonds. The summed E-state index contributed by atoms with van der Waals surface area (Å²) < 4.78 is 6.66. The lowest BCUT2D eigenvalue weighted by Gasteiger charge is -2.09. The molecule has 1 aromatic carbocycles. The lowest BCUT2D eigenvalue weighted by atomic mass is 10.2. The van der Waals surface area contributed by atoms with E-state index in [1.807, 2.05) is 18.2 Å². The Morgan fingerprint density at radius 1 is 1.50 bits per heavy atom. The van der Waals surface area contributed by atoms with E-state index in [0.717, 1.165) is 22.4 Å². The fourth-order valence-electron chi connectivity index (χ4n) is 1.42. The number of aliphatic imine (C=N–C) groups is 1. The highest BCUT2D eigenvalue weighted by Gasteiger charge is 2.22. The zero-order valence-electron chi connectivity index (χ0n) is 8.78. The molecule has 0 N–H and O–H groups in total. The summed E-state index contributed by atoms with van der Waals surface area (Å²) in [5.74, 6) is 1.53. The van der Waals surface area contributed by atoms with Crippen molar-refractivity contribution in [2.75, 3.05) is 6.61 Å². The molecule has 0 radical (unpaired) electrons. The van der Waals surface area contributed by atoms with Crippen LogP contribution < -0.4 is 4.74 Å². The van der Waals surface area contributed by atoms with Crippen LogP contribution >= 0.6 is 15.9 Å². The van der Waals surface area contributed by atoms with E-state index in [1.54, 1.807) is 6.08 Å². The fraction of sp³-hybridized carbons (Fsp3) is 0.417. The van der Waals surface area contributed by atoms with Gasteiger partial charge < -0.3 is 4.74 Å². The van der Waals surface area contributed by atoms with Crippen LogP contribution in [-0.4, -0.2) is 12.7 Å². The van der Waals surface area contributed by atoms with Crippen LogP contribution in [0.4, 0.5) is 0 Å². The molecule has 16 heavy (non-hydrogen) atoms. The molecule has 1 aliphatic carbocycles. The molecule has 0 unspecified atom stereocenters. The molecule has 0 heterocycles. The predicted octanol–water partition coefficient (Wildman–Crippen LogP) is 3.07. The molecule has 4 heteroatoms. The van der Waals surface area contributed by atoms with E-state index in [-0.39, 0.29) is 0 Å². The Hall–Kier alpha value is -1.12. The zero-order valence-corrected chi connectivity index (χ0v) is 10.4. The molecule has 1 fully saturated rings. The summed E-state index contributed by atoms with van der Waals surface area (Å²) in [6.07, 6.45) is 4.07. The second-order valence-electron chi connectivity index (χ2n) is 3.91. The number of benzene rings is 1. The summed E-state index contributed by atoms with van der Waals surface area (Å²) in [5, 5.41) is 0. The van der Waals surface area contributed by atoms with E-state index in [9.17, 15) is 4.79 Å². The fourth-order valence-corrected chi connectivity index (χ4v) is 1.83. The lowest BCUT2D eigenvalue weighted by molar-refractivity contribution is 0.297. The SMILES string of the molecule is O=C=NCc1cc(Br)ccc1OCC1CC1. The van der Waals surface area contributed by atoms with Crippen LogP contribution in [0.1, 0.15) is 18.4 Å².